The molecule has 3 aliphatic rings. The van der Waals surface area contributed by atoms with Gasteiger partial charge in [0.2, 0.25) is 11.8 Å². The number of nitrogens with one attached hydrogen (secondary N) is 3. The highest BCUT2D eigenvalue weighted by molar-refractivity contribution is 7.17. The first-order valence-electron chi connectivity index (χ1n) is 20.4. The summed E-state index contributed by atoms with van der Waals surface area (Å²) < 4.78 is 12.5. The molecule has 0 radical (unpaired) electrons. The lowest BCUT2D eigenvalue weighted by atomic mass is 9.99. The zero-order chi connectivity index (χ0) is 44.1. The summed E-state index contributed by atoms with van der Waals surface area (Å²) in [5.41, 5.74) is 2.96. The Balaban J connectivity index is 0.850. The number of fused-ring (bicyclic) bond motifs is 4. The van der Waals surface area contributed by atoms with E-state index in [1.54, 1.807) is 12.1 Å². The van der Waals surface area contributed by atoms with Crippen LogP contribution in [0.15, 0.2) is 47.5 Å². The van der Waals surface area contributed by atoms with Crippen molar-refractivity contribution in [2.75, 3.05) is 26.8 Å². The maximum Gasteiger partial charge on any atom is 0.308 e. The highest BCUT2D eigenvalue weighted by Crippen LogP contribution is 2.40. The molecule has 1 saturated heterocycles. The molecule has 0 unspecified atom stereocenters. The summed E-state index contributed by atoms with van der Waals surface area (Å²) in [5, 5.41) is 18.0. The molecular weight excluding hydrogens is 840 g/mol. The number of piperidine rings is 1. The Morgan fingerprint density at radius 3 is 2.32 bits per heavy atom. The number of aliphatic imine (C=N–C) groups is 1. The summed E-state index contributed by atoms with van der Waals surface area (Å²) in [4.78, 5) is 95.4. The SMILES string of the molecule is COC(=O)C[C@@H]1N=C(c2ccc(Cl)cc2)c2c(sc(C(=O)NCCCCCCCCNC(=O)COc3cccc4c3C(=O)N([C@H]3CCC(=O)NC3=O)C4=O)c2C)-n2c(C)nnc21. The van der Waals surface area contributed by atoms with Gasteiger partial charge in [0.05, 0.1) is 35.2 Å². The highest BCUT2D eigenvalue weighted by atomic mass is 35.5. The number of imide groups is 2. The molecule has 4 aromatic rings. The molecule has 6 amide bonds. The van der Waals surface area contributed by atoms with Crippen LogP contribution in [0.4, 0.5) is 0 Å². The topological polar surface area (TPSA) is 220 Å². The van der Waals surface area contributed by atoms with Crippen LogP contribution >= 0.6 is 22.9 Å². The number of halogens is 1. The van der Waals surface area contributed by atoms with E-state index in [1.165, 1.54) is 36.6 Å². The second kappa shape index (κ2) is 19.2. The van der Waals surface area contributed by atoms with Crippen molar-refractivity contribution in [2.45, 2.75) is 83.7 Å². The van der Waals surface area contributed by atoms with Gasteiger partial charge in [-0.05, 0) is 62.9 Å². The first kappa shape index (κ1) is 43.8. The zero-order valence-electron chi connectivity index (χ0n) is 34.4. The Bertz CT molecular complexity index is 2480. The van der Waals surface area contributed by atoms with Gasteiger partial charge in [0, 0.05) is 35.7 Å². The first-order valence-corrected chi connectivity index (χ1v) is 21.6. The molecule has 2 aromatic heterocycles. The van der Waals surface area contributed by atoms with Gasteiger partial charge in [-0.15, -0.1) is 21.5 Å². The molecule has 0 spiro atoms. The minimum Gasteiger partial charge on any atom is -0.483 e. The number of aromatic nitrogens is 3. The van der Waals surface area contributed by atoms with Crippen LogP contribution < -0.4 is 20.7 Å². The van der Waals surface area contributed by atoms with Crippen LogP contribution in [0.3, 0.4) is 0 Å². The second-order valence-corrected chi connectivity index (χ2v) is 16.5. The van der Waals surface area contributed by atoms with Crippen molar-refractivity contribution in [3.8, 4) is 10.8 Å². The van der Waals surface area contributed by atoms with Crippen LogP contribution in [0.2, 0.25) is 5.02 Å². The van der Waals surface area contributed by atoms with E-state index in [1.807, 2.05) is 30.5 Å². The van der Waals surface area contributed by atoms with E-state index in [9.17, 15) is 33.6 Å². The number of methoxy groups -OCH3 is 1. The minimum atomic E-state index is -1.10. The van der Waals surface area contributed by atoms with Crippen LogP contribution in [0.25, 0.3) is 5.00 Å². The average Bonchev–Trinajstić information content (AvgIpc) is 3.85. The molecule has 1 fully saturated rings. The van der Waals surface area contributed by atoms with Crippen molar-refractivity contribution in [1.29, 1.82) is 0 Å². The highest BCUT2D eigenvalue weighted by Gasteiger charge is 2.46. The summed E-state index contributed by atoms with van der Waals surface area (Å²) >= 11 is 7.55. The maximum absolute atomic E-state index is 13.6. The Kier molecular flexibility index (Phi) is 13.6. The summed E-state index contributed by atoms with van der Waals surface area (Å²) in [7, 11) is 1.33. The number of esters is 1. The normalized spacial score (nSPS) is 16.8. The molecule has 62 heavy (non-hydrogen) atoms. The lowest BCUT2D eigenvalue weighted by Gasteiger charge is -2.27. The number of amides is 6. The molecule has 0 aliphatic carbocycles. The van der Waals surface area contributed by atoms with E-state index in [4.69, 9.17) is 26.1 Å². The van der Waals surface area contributed by atoms with Crippen LogP contribution in [-0.4, -0.2) is 99.6 Å². The number of nitrogens with zero attached hydrogens (tertiary/aromatic N) is 5. The Hall–Kier alpha value is -6.27. The molecule has 3 aliphatic heterocycles. The van der Waals surface area contributed by atoms with Crippen molar-refractivity contribution in [3.63, 3.8) is 0 Å². The van der Waals surface area contributed by atoms with Crippen molar-refractivity contribution in [3.05, 3.63) is 91.8 Å². The van der Waals surface area contributed by atoms with Gasteiger partial charge in [0.1, 0.15) is 28.7 Å². The smallest absolute Gasteiger partial charge is 0.308 e. The summed E-state index contributed by atoms with van der Waals surface area (Å²) in [5.74, 6) is -2.41. The lowest BCUT2D eigenvalue weighted by molar-refractivity contribution is -0.141. The fraction of sp³-hybridized carbons (Fsp3) is 0.395. The largest absolute Gasteiger partial charge is 0.483 e. The number of benzene rings is 2. The fourth-order valence-corrected chi connectivity index (χ4v) is 9.15. The van der Waals surface area contributed by atoms with Crippen LogP contribution in [0.1, 0.15) is 123 Å². The first-order chi connectivity index (χ1) is 29.9. The molecular formula is C43H45ClN8O9S. The van der Waals surface area contributed by atoms with E-state index in [-0.39, 0.29) is 54.6 Å². The molecule has 0 saturated carbocycles. The predicted octanol–water partition coefficient (Wildman–Crippen LogP) is 4.72. The summed E-state index contributed by atoms with van der Waals surface area (Å²) in [6.07, 6.45) is 5.22. The quantitative estimate of drug-likeness (QED) is 0.0748. The molecule has 2 atom stereocenters. The molecule has 19 heteroatoms. The number of unbranched alkanes of at least 4 members (excludes halogenated alkanes) is 5. The van der Waals surface area contributed by atoms with E-state index in [0.717, 1.165) is 65.1 Å². The van der Waals surface area contributed by atoms with Crippen molar-refractivity contribution >= 4 is 70.1 Å². The van der Waals surface area contributed by atoms with Crippen molar-refractivity contribution in [1.82, 2.24) is 35.6 Å². The number of carbonyl (C=O) groups is 7. The van der Waals surface area contributed by atoms with E-state index >= 15 is 0 Å². The van der Waals surface area contributed by atoms with E-state index in [2.05, 4.69) is 26.1 Å². The van der Waals surface area contributed by atoms with E-state index in [0.29, 0.717) is 40.3 Å². The third-order valence-corrected chi connectivity index (χ3v) is 12.4. The van der Waals surface area contributed by atoms with Gasteiger partial charge < -0.3 is 20.1 Å². The molecule has 3 N–H and O–H groups in total. The van der Waals surface area contributed by atoms with Gasteiger partial charge in [0.25, 0.3) is 23.6 Å². The van der Waals surface area contributed by atoms with Gasteiger partial charge in [-0.25, -0.2) is 0 Å². The number of rotatable bonds is 17. The second-order valence-electron chi connectivity index (χ2n) is 15.1. The van der Waals surface area contributed by atoms with Crippen molar-refractivity contribution < 1.29 is 43.0 Å². The van der Waals surface area contributed by atoms with Gasteiger partial charge >= 0.3 is 5.97 Å². The number of aryl methyl sites for hydroxylation is 1. The lowest BCUT2D eigenvalue weighted by Crippen LogP contribution is -2.54. The zero-order valence-corrected chi connectivity index (χ0v) is 36.0. The minimum absolute atomic E-state index is 0.00857. The Morgan fingerprint density at radius 2 is 1.61 bits per heavy atom. The number of thiophene rings is 1. The standard InChI is InChI=1S/C43H45ClN8O9S/c1-23-34-36(25-13-15-26(44)16-14-25)47-28(21-33(55)60-3)38-50-49-24(2)51(38)43(34)62-37(23)40(57)46-20-9-7-5-4-6-8-19-45-32(54)22-61-30-12-10-11-27-35(30)42(59)52(41(27)58)29-17-18-31(53)48-39(29)56/h10-16,28-29H,4-9,17-22H2,1-3H3,(H,45,54)(H,46,57)(H,48,53,56)/t28-,29-/m0/s1. The molecule has 2 aromatic carbocycles. The van der Waals surface area contributed by atoms with Gasteiger partial charge in [-0.3, -0.25) is 53.3 Å². The number of carbonyl (C=O) groups excluding carboxylic acids is 7. The van der Waals surface area contributed by atoms with Crippen LogP contribution in [0, 0.1) is 13.8 Å². The fourth-order valence-electron chi connectivity index (χ4n) is 7.75. The summed E-state index contributed by atoms with van der Waals surface area (Å²) in [6, 6.07) is 9.97. The predicted molar refractivity (Wildman–Crippen MR) is 227 cm³/mol. The molecule has 5 heterocycles. The third-order valence-electron chi connectivity index (χ3n) is 10.9. The third kappa shape index (κ3) is 9.16. The maximum atomic E-state index is 13.6. The van der Waals surface area contributed by atoms with Gasteiger partial charge in [-0.1, -0.05) is 55.5 Å². The monoisotopic (exact) mass is 884 g/mol. The molecule has 324 valence electrons. The van der Waals surface area contributed by atoms with Crippen molar-refractivity contribution in [2.24, 2.45) is 4.99 Å². The number of ether oxygens (including phenoxy) is 2. The Labute approximate surface area is 365 Å². The Morgan fingerprint density at radius 1 is 0.903 bits per heavy atom. The van der Waals surface area contributed by atoms with E-state index < -0.39 is 41.7 Å². The van der Waals surface area contributed by atoms with Gasteiger partial charge in [-0.2, -0.15) is 0 Å². The molecule has 7 rings (SSSR count). The van der Waals surface area contributed by atoms with Gasteiger partial charge in [0.15, 0.2) is 12.4 Å². The van der Waals surface area contributed by atoms with Crippen LogP contribution in [0.5, 0.6) is 5.75 Å². The molecule has 0 bridgehead atoms. The molecule has 17 nitrogen and oxygen atoms in total. The van der Waals surface area contributed by atoms with Crippen LogP contribution in [-0.2, 0) is 23.9 Å². The summed E-state index contributed by atoms with van der Waals surface area (Å²) in [6.45, 7) is 4.27. The average molecular weight is 885 g/mol. The number of hydrogen-bond acceptors (Lipinski definition) is 13. The number of hydrogen-bond donors (Lipinski definition) is 3.